The summed E-state index contributed by atoms with van der Waals surface area (Å²) in [7, 11) is 2.04. The van der Waals surface area contributed by atoms with Crippen LogP contribution in [0.25, 0.3) is 5.69 Å². The fourth-order valence-corrected chi connectivity index (χ4v) is 3.87. The number of likely N-dealkylation sites (N-methyl/N-ethyl adjacent to an activating group) is 1. The second kappa shape index (κ2) is 7.85. The van der Waals surface area contributed by atoms with Crippen molar-refractivity contribution in [2.45, 2.75) is 27.3 Å². The topological polar surface area (TPSA) is 51.4 Å². The van der Waals surface area contributed by atoms with Gasteiger partial charge < -0.3 is 10.2 Å². The van der Waals surface area contributed by atoms with Crippen molar-refractivity contribution in [3.05, 3.63) is 63.5 Å². The molecule has 26 heavy (non-hydrogen) atoms. The van der Waals surface area contributed by atoms with Crippen molar-refractivity contribution in [2.75, 3.05) is 18.9 Å². The van der Waals surface area contributed by atoms with Gasteiger partial charge in [0.1, 0.15) is 12.4 Å². The third-order valence-corrected chi connectivity index (χ3v) is 5.29. The zero-order valence-electron chi connectivity index (χ0n) is 15.7. The number of amides is 1. The van der Waals surface area contributed by atoms with Crippen molar-refractivity contribution in [3.8, 4) is 5.69 Å². The summed E-state index contributed by atoms with van der Waals surface area (Å²) in [5.41, 5.74) is 4.30. The molecule has 1 aromatic carbocycles. The molecule has 3 rings (SSSR count). The number of hydrogen-bond donors (Lipinski definition) is 2. The van der Waals surface area contributed by atoms with Crippen molar-refractivity contribution in [1.29, 1.82) is 0 Å². The van der Waals surface area contributed by atoms with Crippen LogP contribution in [-0.2, 0) is 11.3 Å². The highest BCUT2D eigenvalue weighted by Gasteiger charge is 2.15. The van der Waals surface area contributed by atoms with E-state index in [0.29, 0.717) is 12.4 Å². The highest BCUT2D eigenvalue weighted by atomic mass is 32.1. The average Bonchev–Trinajstić information content (AvgIpc) is 3.14. The smallest absolute Gasteiger partial charge is 0.280 e. The van der Waals surface area contributed by atoms with Gasteiger partial charge in [-0.05, 0) is 49.9 Å². The first-order valence-electron chi connectivity index (χ1n) is 8.70. The molecule has 136 valence electrons. The molecule has 6 heteroatoms. The first-order chi connectivity index (χ1) is 12.4. The van der Waals surface area contributed by atoms with Crippen LogP contribution in [-0.4, -0.2) is 29.3 Å². The summed E-state index contributed by atoms with van der Waals surface area (Å²) in [6.45, 7) is 7.36. The lowest BCUT2D eigenvalue weighted by Gasteiger charge is -2.14. The van der Waals surface area contributed by atoms with E-state index in [-0.39, 0.29) is 5.91 Å². The van der Waals surface area contributed by atoms with Gasteiger partial charge in [0, 0.05) is 6.07 Å². The molecule has 0 spiro atoms. The molecule has 0 saturated heterocycles. The average molecular weight is 370 g/mol. The van der Waals surface area contributed by atoms with E-state index in [4.69, 9.17) is 0 Å². The Morgan fingerprint density at radius 2 is 1.92 bits per heavy atom. The van der Waals surface area contributed by atoms with Gasteiger partial charge in [-0.3, -0.25) is 4.79 Å². The lowest BCUT2D eigenvalue weighted by atomic mass is 10.2. The SMILES string of the molecule is Cc1ccc(-n2nc(C)cc2NC(=O)C[NH+](C)Cc2sccc2C)cc1. The Kier molecular flexibility index (Phi) is 5.54. The zero-order chi connectivity index (χ0) is 18.7. The van der Waals surface area contributed by atoms with E-state index in [1.807, 2.05) is 44.3 Å². The van der Waals surface area contributed by atoms with E-state index >= 15 is 0 Å². The molecule has 1 amide bonds. The number of aromatic nitrogens is 2. The number of anilines is 1. The van der Waals surface area contributed by atoms with Crippen LogP contribution in [0.5, 0.6) is 0 Å². The summed E-state index contributed by atoms with van der Waals surface area (Å²) >= 11 is 1.75. The molecular weight excluding hydrogens is 344 g/mol. The van der Waals surface area contributed by atoms with Crippen LogP contribution in [0.4, 0.5) is 5.82 Å². The largest absolute Gasteiger partial charge is 0.325 e. The maximum atomic E-state index is 12.5. The van der Waals surface area contributed by atoms with Gasteiger partial charge in [0.05, 0.1) is 23.3 Å². The lowest BCUT2D eigenvalue weighted by Crippen LogP contribution is -3.08. The molecule has 0 aliphatic rings. The van der Waals surface area contributed by atoms with Gasteiger partial charge in [0.2, 0.25) is 0 Å². The summed E-state index contributed by atoms with van der Waals surface area (Å²) in [5.74, 6) is 0.696. The van der Waals surface area contributed by atoms with E-state index in [1.54, 1.807) is 16.0 Å². The number of carbonyl (C=O) groups is 1. The van der Waals surface area contributed by atoms with Crippen LogP contribution in [0, 0.1) is 20.8 Å². The zero-order valence-corrected chi connectivity index (χ0v) is 16.5. The molecule has 0 aliphatic heterocycles. The minimum atomic E-state index is -0.00929. The second-order valence-corrected chi connectivity index (χ2v) is 7.80. The molecule has 0 saturated carbocycles. The predicted molar refractivity (Wildman–Crippen MR) is 106 cm³/mol. The Morgan fingerprint density at radius 1 is 1.19 bits per heavy atom. The Bertz CT molecular complexity index is 895. The number of thiophene rings is 1. The van der Waals surface area contributed by atoms with E-state index in [2.05, 4.69) is 35.7 Å². The second-order valence-electron chi connectivity index (χ2n) is 6.80. The van der Waals surface area contributed by atoms with Gasteiger partial charge in [-0.15, -0.1) is 11.3 Å². The standard InChI is InChI=1S/C20H24N4OS/c1-14-5-7-17(8-6-14)24-19(11-16(3)22-24)21-20(25)13-23(4)12-18-15(2)9-10-26-18/h5-11H,12-13H2,1-4H3,(H,21,25)/p+1. The summed E-state index contributed by atoms with van der Waals surface area (Å²) in [6.07, 6.45) is 0. The Morgan fingerprint density at radius 3 is 2.58 bits per heavy atom. The summed E-state index contributed by atoms with van der Waals surface area (Å²) in [6, 6.07) is 12.1. The van der Waals surface area contributed by atoms with Gasteiger partial charge in [-0.1, -0.05) is 17.7 Å². The predicted octanol–water partition coefficient (Wildman–Crippen LogP) is 2.51. The van der Waals surface area contributed by atoms with Gasteiger partial charge in [-0.25, -0.2) is 4.68 Å². The number of rotatable bonds is 6. The molecule has 0 fully saturated rings. The number of quaternary nitrogens is 1. The first-order valence-corrected chi connectivity index (χ1v) is 9.58. The quantitative estimate of drug-likeness (QED) is 0.701. The Hall–Kier alpha value is -2.44. The van der Waals surface area contributed by atoms with Crippen LogP contribution in [0.1, 0.15) is 21.7 Å². The highest BCUT2D eigenvalue weighted by Crippen LogP contribution is 2.17. The molecular formula is C20H25N4OS+. The molecule has 5 nitrogen and oxygen atoms in total. The van der Waals surface area contributed by atoms with E-state index in [0.717, 1.165) is 22.8 Å². The van der Waals surface area contributed by atoms with E-state index in [9.17, 15) is 4.79 Å². The third-order valence-electron chi connectivity index (χ3n) is 4.27. The van der Waals surface area contributed by atoms with E-state index in [1.165, 1.54) is 16.0 Å². The molecule has 0 aliphatic carbocycles. The van der Waals surface area contributed by atoms with Crippen molar-refractivity contribution in [1.82, 2.24) is 9.78 Å². The van der Waals surface area contributed by atoms with Crippen LogP contribution in [0.3, 0.4) is 0 Å². The third kappa shape index (κ3) is 4.39. The maximum absolute atomic E-state index is 12.5. The molecule has 2 N–H and O–H groups in total. The van der Waals surface area contributed by atoms with Gasteiger partial charge in [0.15, 0.2) is 6.54 Å². The molecule has 3 aromatic rings. The normalized spacial score (nSPS) is 12.2. The number of nitrogens with one attached hydrogen (secondary N) is 2. The fourth-order valence-electron chi connectivity index (χ4n) is 2.85. The Balaban J connectivity index is 1.67. The maximum Gasteiger partial charge on any atom is 0.280 e. The number of hydrogen-bond acceptors (Lipinski definition) is 3. The minimum Gasteiger partial charge on any atom is -0.325 e. The summed E-state index contributed by atoms with van der Waals surface area (Å²) < 4.78 is 1.78. The number of carbonyl (C=O) groups excluding carboxylic acids is 1. The summed E-state index contributed by atoms with van der Waals surface area (Å²) in [5, 5.41) is 9.62. The molecule has 0 bridgehead atoms. The van der Waals surface area contributed by atoms with Gasteiger partial charge in [0.25, 0.3) is 5.91 Å². The number of aryl methyl sites for hydroxylation is 3. The first kappa shape index (κ1) is 18.4. The van der Waals surface area contributed by atoms with Crippen LogP contribution in [0.2, 0.25) is 0 Å². The molecule has 1 unspecified atom stereocenters. The van der Waals surface area contributed by atoms with Crippen LogP contribution in [0.15, 0.2) is 41.8 Å². The Labute approximate surface area is 158 Å². The molecule has 0 radical (unpaired) electrons. The number of benzene rings is 1. The van der Waals surface area contributed by atoms with Crippen molar-refractivity contribution in [2.24, 2.45) is 0 Å². The highest BCUT2D eigenvalue weighted by molar-refractivity contribution is 7.10. The lowest BCUT2D eigenvalue weighted by molar-refractivity contribution is -0.884. The molecule has 2 aromatic heterocycles. The molecule has 2 heterocycles. The van der Waals surface area contributed by atoms with Crippen molar-refractivity contribution in [3.63, 3.8) is 0 Å². The fraction of sp³-hybridized carbons (Fsp3) is 0.300. The van der Waals surface area contributed by atoms with Crippen LogP contribution >= 0.6 is 11.3 Å². The van der Waals surface area contributed by atoms with Crippen molar-refractivity contribution < 1.29 is 9.69 Å². The monoisotopic (exact) mass is 369 g/mol. The van der Waals surface area contributed by atoms with Gasteiger partial charge in [-0.2, -0.15) is 5.10 Å². The van der Waals surface area contributed by atoms with Crippen LogP contribution < -0.4 is 10.2 Å². The molecule has 1 atom stereocenters. The van der Waals surface area contributed by atoms with Gasteiger partial charge >= 0.3 is 0 Å². The minimum absolute atomic E-state index is 0.00929. The number of nitrogens with zero attached hydrogens (tertiary/aromatic N) is 2. The summed E-state index contributed by atoms with van der Waals surface area (Å²) in [4.78, 5) is 15.0. The van der Waals surface area contributed by atoms with Crippen molar-refractivity contribution >= 4 is 23.1 Å². The van der Waals surface area contributed by atoms with E-state index < -0.39 is 0 Å².